The van der Waals surface area contributed by atoms with Gasteiger partial charge in [0.25, 0.3) is 0 Å². The Morgan fingerprint density at radius 3 is 2.45 bits per heavy atom. The SMILES string of the molecule is C[C@@H](N)C(=O)Nc1cccc(CS(=O)(=O)C(C)(C)C)c1. The molecule has 6 heteroatoms. The Kier molecular flexibility index (Phi) is 4.94. The van der Waals surface area contributed by atoms with Crippen molar-refractivity contribution in [1.82, 2.24) is 0 Å². The first-order chi connectivity index (χ1) is 9.03. The number of hydrogen-bond acceptors (Lipinski definition) is 4. The van der Waals surface area contributed by atoms with Gasteiger partial charge in [-0.3, -0.25) is 4.79 Å². The number of nitrogens with one attached hydrogen (secondary N) is 1. The lowest BCUT2D eigenvalue weighted by molar-refractivity contribution is -0.117. The predicted molar refractivity (Wildman–Crippen MR) is 81.1 cm³/mol. The number of carbonyl (C=O) groups excluding carboxylic acids is 1. The van der Waals surface area contributed by atoms with Gasteiger partial charge in [-0.05, 0) is 45.4 Å². The summed E-state index contributed by atoms with van der Waals surface area (Å²) in [6, 6.07) is 6.18. The Balaban J connectivity index is 2.93. The minimum atomic E-state index is -3.25. The fourth-order valence-corrected chi connectivity index (χ4v) is 2.48. The quantitative estimate of drug-likeness (QED) is 0.885. The summed E-state index contributed by atoms with van der Waals surface area (Å²) in [4.78, 5) is 11.5. The summed E-state index contributed by atoms with van der Waals surface area (Å²) in [5.74, 6) is -0.362. The van der Waals surface area contributed by atoms with Crippen molar-refractivity contribution in [1.29, 1.82) is 0 Å². The lowest BCUT2D eigenvalue weighted by atomic mass is 10.2. The van der Waals surface area contributed by atoms with Gasteiger partial charge in [0.15, 0.2) is 9.84 Å². The molecule has 0 saturated carbocycles. The van der Waals surface area contributed by atoms with Crippen molar-refractivity contribution >= 4 is 21.4 Å². The fourth-order valence-electron chi connectivity index (χ4n) is 1.43. The van der Waals surface area contributed by atoms with E-state index in [0.717, 1.165) is 0 Å². The third-order valence-electron chi connectivity index (χ3n) is 2.90. The first-order valence-electron chi connectivity index (χ1n) is 6.40. The molecular weight excluding hydrogens is 276 g/mol. The first-order valence-corrected chi connectivity index (χ1v) is 8.06. The van der Waals surface area contributed by atoms with E-state index < -0.39 is 20.6 Å². The molecule has 3 N–H and O–H groups in total. The topological polar surface area (TPSA) is 89.3 Å². The number of nitrogens with two attached hydrogens (primary N) is 1. The zero-order valence-corrected chi connectivity index (χ0v) is 13.1. The van der Waals surface area contributed by atoms with Crippen molar-refractivity contribution in [2.45, 2.75) is 44.2 Å². The van der Waals surface area contributed by atoms with E-state index in [1.54, 1.807) is 52.0 Å². The largest absolute Gasteiger partial charge is 0.325 e. The van der Waals surface area contributed by atoms with Crippen LogP contribution < -0.4 is 11.1 Å². The van der Waals surface area contributed by atoms with Crippen molar-refractivity contribution in [3.63, 3.8) is 0 Å². The number of benzene rings is 1. The molecule has 0 radical (unpaired) electrons. The van der Waals surface area contributed by atoms with Gasteiger partial charge in [0.1, 0.15) is 0 Å². The summed E-state index contributed by atoms with van der Waals surface area (Å²) in [6.07, 6.45) is 0. The van der Waals surface area contributed by atoms with Crippen LogP contribution in [0.2, 0.25) is 0 Å². The molecular formula is C14H22N2O3S. The van der Waals surface area contributed by atoms with Gasteiger partial charge in [0, 0.05) is 5.69 Å². The summed E-state index contributed by atoms with van der Waals surface area (Å²) in [7, 11) is -3.25. The highest BCUT2D eigenvalue weighted by Crippen LogP contribution is 2.22. The monoisotopic (exact) mass is 298 g/mol. The van der Waals surface area contributed by atoms with E-state index in [1.165, 1.54) is 0 Å². The van der Waals surface area contributed by atoms with Crippen molar-refractivity contribution < 1.29 is 13.2 Å². The van der Waals surface area contributed by atoms with E-state index in [4.69, 9.17) is 5.73 Å². The molecule has 0 heterocycles. The van der Waals surface area contributed by atoms with Crippen LogP contribution in [0.1, 0.15) is 33.3 Å². The number of rotatable bonds is 4. The molecule has 0 spiro atoms. The molecule has 0 aliphatic rings. The molecule has 0 saturated heterocycles. The van der Waals surface area contributed by atoms with Crippen molar-refractivity contribution in [3.05, 3.63) is 29.8 Å². The van der Waals surface area contributed by atoms with Gasteiger partial charge >= 0.3 is 0 Å². The minimum absolute atomic E-state index is 0.0572. The highest BCUT2D eigenvalue weighted by atomic mass is 32.2. The number of sulfone groups is 1. The lowest BCUT2D eigenvalue weighted by Gasteiger charge is -2.19. The highest BCUT2D eigenvalue weighted by molar-refractivity contribution is 7.91. The second-order valence-corrected chi connectivity index (χ2v) is 8.59. The molecule has 0 aliphatic carbocycles. The van der Waals surface area contributed by atoms with E-state index in [-0.39, 0.29) is 11.7 Å². The molecule has 1 aromatic rings. The standard InChI is InChI=1S/C14H22N2O3S/c1-10(15)13(17)16-12-7-5-6-11(8-12)9-20(18,19)14(2,3)4/h5-8,10H,9,15H2,1-4H3,(H,16,17)/t10-/m1/s1. The van der Waals surface area contributed by atoms with Crippen molar-refractivity contribution in [2.75, 3.05) is 5.32 Å². The molecule has 0 unspecified atom stereocenters. The third kappa shape index (κ3) is 4.31. The van der Waals surface area contributed by atoms with Gasteiger partial charge in [0.05, 0.1) is 16.5 Å². The van der Waals surface area contributed by atoms with Crippen molar-refractivity contribution in [2.24, 2.45) is 5.73 Å². The van der Waals surface area contributed by atoms with E-state index in [1.807, 2.05) is 0 Å². The number of carbonyl (C=O) groups is 1. The minimum Gasteiger partial charge on any atom is -0.325 e. The highest BCUT2D eigenvalue weighted by Gasteiger charge is 2.28. The van der Waals surface area contributed by atoms with Gasteiger partial charge in [-0.15, -0.1) is 0 Å². The summed E-state index contributed by atoms with van der Waals surface area (Å²) in [5.41, 5.74) is 6.66. The average molecular weight is 298 g/mol. The molecule has 0 aliphatic heterocycles. The third-order valence-corrected chi connectivity index (χ3v) is 5.48. The Hall–Kier alpha value is -1.40. The Morgan fingerprint density at radius 2 is 1.95 bits per heavy atom. The molecule has 0 fully saturated rings. The molecule has 1 rings (SSSR count). The summed E-state index contributed by atoms with van der Waals surface area (Å²) < 4.78 is 23.5. The van der Waals surface area contributed by atoms with Crippen LogP contribution in [0, 0.1) is 0 Å². The average Bonchev–Trinajstić information content (AvgIpc) is 2.26. The van der Waals surface area contributed by atoms with E-state index >= 15 is 0 Å². The van der Waals surface area contributed by atoms with E-state index in [9.17, 15) is 13.2 Å². The van der Waals surface area contributed by atoms with Gasteiger partial charge in [-0.2, -0.15) is 0 Å². The zero-order chi connectivity index (χ0) is 15.6. The molecule has 1 amide bonds. The molecule has 5 nitrogen and oxygen atoms in total. The second kappa shape index (κ2) is 5.93. The Bertz CT molecular complexity index is 587. The van der Waals surface area contributed by atoms with Crippen LogP contribution in [0.25, 0.3) is 0 Å². The molecule has 20 heavy (non-hydrogen) atoms. The molecule has 1 atom stereocenters. The maximum absolute atomic E-state index is 12.2. The van der Waals surface area contributed by atoms with Gasteiger partial charge in [-0.25, -0.2) is 8.42 Å². The van der Waals surface area contributed by atoms with Crippen LogP contribution in [0.3, 0.4) is 0 Å². The maximum atomic E-state index is 12.2. The fraction of sp³-hybridized carbons (Fsp3) is 0.500. The molecule has 0 aromatic heterocycles. The van der Waals surface area contributed by atoms with Crippen LogP contribution in [0.4, 0.5) is 5.69 Å². The van der Waals surface area contributed by atoms with Crippen LogP contribution >= 0.6 is 0 Å². The first kappa shape index (κ1) is 16.7. The van der Waals surface area contributed by atoms with Gasteiger partial charge in [-0.1, -0.05) is 12.1 Å². The second-order valence-electron chi connectivity index (χ2n) is 5.85. The summed E-state index contributed by atoms with van der Waals surface area (Å²) in [5, 5.41) is 2.65. The Morgan fingerprint density at radius 1 is 1.35 bits per heavy atom. The van der Waals surface area contributed by atoms with Gasteiger partial charge in [0.2, 0.25) is 5.91 Å². The molecule has 112 valence electrons. The van der Waals surface area contributed by atoms with Gasteiger partial charge < -0.3 is 11.1 Å². The lowest BCUT2D eigenvalue weighted by Crippen LogP contribution is -2.32. The summed E-state index contributed by atoms with van der Waals surface area (Å²) >= 11 is 0. The maximum Gasteiger partial charge on any atom is 0.240 e. The van der Waals surface area contributed by atoms with Crippen LogP contribution in [-0.2, 0) is 20.4 Å². The molecule has 1 aromatic carbocycles. The summed E-state index contributed by atoms with van der Waals surface area (Å²) in [6.45, 7) is 6.60. The molecule has 0 bridgehead atoms. The normalized spacial score (nSPS) is 13.8. The Labute approximate surface area is 120 Å². The van der Waals surface area contributed by atoms with E-state index in [0.29, 0.717) is 11.3 Å². The number of amides is 1. The van der Waals surface area contributed by atoms with Crippen LogP contribution in [-0.4, -0.2) is 25.1 Å². The number of hydrogen-bond donors (Lipinski definition) is 2. The smallest absolute Gasteiger partial charge is 0.240 e. The van der Waals surface area contributed by atoms with Crippen LogP contribution in [0.15, 0.2) is 24.3 Å². The van der Waals surface area contributed by atoms with E-state index in [2.05, 4.69) is 5.32 Å². The van der Waals surface area contributed by atoms with Crippen LogP contribution in [0.5, 0.6) is 0 Å². The number of anilines is 1. The predicted octanol–water partition coefficient (Wildman–Crippen LogP) is 1.69. The van der Waals surface area contributed by atoms with Crippen molar-refractivity contribution in [3.8, 4) is 0 Å². The zero-order valence-electron chi connectivity index (χ0n) is 12.3.